The number of aromatic nitrogens is 2. The Kier molecular flexibility index (Phi) is 2.87. The van der Waals surface area contributed by atoms with Crippen LogP contribution in [0.2, 0.25) is 0 Å². The molecule has 2 rings (SSSR count). The number of hydrogen-bond acceptors (Lipinski definition) is 2. The topological polar surface area (TPSA) is 54.7 Å². The molecule has 0 amide bonds. The second-order valence-electron chi connectivity index (χ2n) is 3.80. The quantitative estimate of drug-likeness (QED) is 0.843. The number of nitrogens with one attached hydrogen (secondary N) is 1. The Morgan fingerprint density at radius 2 is 2.19 bits per heavy atom. The van der Waals surface area contributed by atoms with E-state index in [2.05, 4.69) is 9.97 Å². The van der Waals surface area contributed by atoms with E-state index in [1.54, 1.807) is 0 Å². The van der Waals surface area contributed by atoms with Gasteiger partial charge in [-0.1, -0.05) is 13.3 Å². The molecule has 3 N–H and O–H groups in total. The molecular formula is C11H13F2N3. The summed E-state index contributed by atoms with van der Waals surface area (Å²) in [4.78, 5) is 6.90. The molecule has 1 aromatic carbocycles. The molecule has 16 heavy (non-hydrogen) atoms. The zero-order valence-electron chi connectivity index (χ0n) is 8.93. The van der Waals surface area contributed by atoms with Gasteiger partial charge in [0.25, 0.3) is 0 Å². The summed E-state index contributed by atoms with van der Waals surface area (Å²) in [6, 6.07) is 1.77. The highest BCUT2D eigenvalue weighted by Crippen LogP contribution is 2.21. The van der Waals surface area contributed by atoms with Crippen molar-refractivity contribution in [3.8, 4) is 0 Å². The Morgan fingerprint density at radius 3 is 2.88 bits per heavy atom. The predicted octanol–water partition coefficient (Wildman–Crippen LogP) is 2.64. The molecule has 0 aliphatic rings. The van der Waals surface area contributed by atoms with Crippen LogP contribution in [0, 0.1) is 11.6 Å². The number of nitrogens with zero attached hydrogens (tertiary/aromatic N) is 1. The zero-order chi connectivity index (χ0) is 11.7. The van der Waals surface area contributed by atoms with Crippen LogP contribution >= 0.6 is 0 Å². The second kappa shape index (κ2) is 4.17. The van der Waals surface area contributed by atoms with Crippen molar-refractivity contribution >= 4 is 11.0 Å². The number of fused-ring (bicyclic) bond motifs is 1. The maximum Gasteiger partial charge on any atom is 0.153 e. The molecule has 0 aliphatic heterocycles. The number of benzene rings is 1. The monoisotopic (exact) mass is 225 g/mol. The maximum atomic E-state index is 13.3. The van der Waals surface area contributed by atoms with E-state index in [4.69, 9.17) is 5.73 Å². The molecule has 2 aromatic rings. The first-order valence-corrected chi connectivity index (χ1v) is 5.22. The van der Waals surface area contributed by atoms with Crippen LogP contribution in [0.1, 0.15) is 31.6 Å². The summed E-state index contributed by atoms with van der Waals surface area (Å²) >= 11 is 0. The number of imidazole rings is 1. The molecule has 0 saturated heterocycles. The molecule has 1 unspecified atom stereocenters. The Bertz CT molecular complexity index is 507. The number of aromatic amines is 1. The third-order valence-electron chi connectivity index (χ3n) is 2.47. The molecule has 0 fully saturated rings. The lowest BCUT2D eigenvalue weighted by atomic mass is 10.2. The van der Waals surface area contributed by atoms with Gasteiger partial charge in [0.05, 0.1) is 11.6 Å². The van der Waals surface area contributed by atoms with Crippen molar-refractivity contribution in [2.75, 3.05) is 0 Å². The van der Waals surface area contributed by atoms with Crippen LogP contribution in [-0.4, -0.2) is 9.97 Å². The molecule has 3 nitrogen and oxygen atoms in total. The molecule has 86 valence electrons. The SMILES string of the molecule is CCCC(N)c1nc2c(F)cc(F)cc2[nH]1. The first-order valence-electron chi connectivity index (χ1n) is 5.22. The minimum absolute atomic E-state index is 0.142. The highest BCUT2D eigenvalue weighted by molar-refractivity contribution is 5.75. The number of halogens is 2. The molecule has 1 heterocycles. The molecule has 1 atom stereocenters. The van der Waals surface area contributed by atoms with Gasteiger partial charge in [0.1, 0.15) is 17.2 Å². The van der Waals surface area contributed by atoms with Crippen molar-refractivity contribution in [1.82, 2.24) is 9.97 Å². The fourth-order valence-corrected chi connectivity index (χ4v) is 1.68. The molecular weight excluding hydrogens is 212 g/mol. The Balaban J connectivity index is 2.47. The molecule has 0 bridgehead atoms. The average Bonchev–Trinajstić information content (AvgIpc) is 2.62. The third-order valence-corrected chi connectivity index (χ3v) is 2.47. The van der Waals surface area contributed by atoms with Gasteiger partial charge < -0.3 is 10.7 Å². The van der Waals surface area contributed by atoms with Gasteiger partial charge in [-0.05, 0) is 12.5 Å². The Labute approximate surface area is 91.7 Å². The normalized spacial score (nSPS) is 13.2. The largest absolute Gasteiger partial charge is 0.340 e. The summed E-state index contributed by atoms with van der Waals surface area (Å²) in [6.07, 6.45) is 1.67. The minimum Gasteiger partial charge on any atom is -0.340 e. The van der Waals surface area contributed by atoms with Gasteiger partial charge in [0, 0.05) is 6.07 Å². The summed E-state index contributed by atoms with van der Waals surface area (Å²) in [5, 5.41) is 0. The number of nitrogens with two attached hydrogens (primary N) is 1. The molecule has 0 radical (unpaired) electrons. The van der Waals surface area contributed by atoms with E-state index in [0.29, 0.717) is 11.3 Å². The fourth-order valence-electron chi connectivity index (χ4n) is 1.68. The van der Waals surface area contributed by atoms with Crippen LogP contribution in [0.4, 0.5) is 8.78 Å². The standard InChI is InChI=1S/C11H13F2N3/c1-2-3-8(14)11-15-9-5-6(12)4-7(13)10(9)16-11/h4-5,8H,2-3,14H2,1H3,(H,15,16). The van der Waals surface area contributed by atoms with E-state index in [-0.39, 0.29) is 11.6 Å². The van der Waals surface area contributed by atoms with Crippen LogP contribution in [0.3, 0.4) is 0 Å². The van der Waals surface area contributed by atoms with Crippen LogP contribution in [0.5, 0.6) is 0 Å². The lowest BCUT2D eigenvalue weighted by Gasteiger charge is -2.04. The summed E-state index contributed by atoms with van der Waals surface area (Å²) in [5.74, 6) is -0.785. The maximum absolute atomic E-state index is 13.3. The second-order valence-corrected chi connectivity index (χ2v) is 3.80. The summed E-state index contributed by atoms with van der Waals surface area (Å²) < 4.78 is 26.3. The van der Waals surface area contributed by atoms with Crippen LogP contribution in [0.25, 0.3) is 11.0 Å². The van der Waals surface area contributed by atoms with E-state index in [0.717, 1.165) is 18.9 Å². The smallest absolute Gasteiger partial charge is 0.153 e. The van der Waals surface area contributed by atoms with Crippen LogP contribution < -0.4 is 5.73 Å². The number of rotatable bonds is 3. The molecule has 5 heteroatoms. The lowest BCUT2D eigenvalue weighted by molar-refractivity contribution is 0.590. The summed E-state index contributed by atoms with van der Waals surface area (Å²) in [6.45, 7) is 2.00. The molecule has 0 aliphatic carbocycles. The Hall–Kier alpha value is -1.49. The molecule has 0 saturated carbocycles. The van der Waals surface area contributed by atoms with Crippen LogP contribution in [-0.2, 0) is 0 Å². The van der Waals surface area contributed by atoms with Gasteiger partial charge in [-0.2, -0.15) is 0 Å². The van der Waals surface area contributed by atoms with Crippen molar-refractivity contribution < 1.29 is 8.78 Å². The first kappa shape index (κ1) is 11.0. The van der Waals surface area contributed by atoms with Crippen molar-refractivity contribution in [2.45, 2.75) is 25.8 Å². The highest BCUT2D eigenvalue weighted by Gasteiger charge is 2.13. The van der Waals surface area contributed by atoms with E-state index in [1.165, 1.54) is 6.07 Å². The van der Waals surface area contributed by atoms with Gasteiger partial charge >= 0.3 is 0 Å². The van der Waals surface area contributed by atoms with Gasteiger partial charge in [-0.3, -0.25) is 0 Å². The number of H-pyrrole nitrogens is 1. The van der Waals surface area contributed by atoms with Crippen molar-refractivity contribution in [3.05, 3.63) is 29.6 Å². The number of hydrogen-bond donors (Lipinski definition) is 2. The van der Waals surface area contributed by atoms with E-state index >= 15 is 0 Å². The first-order chi connectivity index (χ1) is 7.61. The molecule has 0 spiro atoms. The Morgan fingerprint density at radius 1 is 1.44 bits per heavy atom. The highest BCUT2D eigenvalue weighted by atomic mass is 19.1. The van der Waals surface area contributed by atoms with E-state index in [1.807, 2.05) is 6.92 Å². The predicted molar refractivity (Wildman–Crippen MR) is 57.8 cm³/mol. The molecule has 1 aromatic heterocycles. The minimum atomic E-state index is -0.666. The summed E-state index contributed by atoms with van der Waals surface area (Å²) in [7, 11) is 0. The van der Waals surface area contributed by atoms with Gasteiger partial charge in [-0.15, -0.1) is 0 Å². The van der Waals surface area contributed by atoms with E-state index in [9.17, 15) is 8.78 Å². The van der Waals surface area contributed by atoms with Gasteiger partial charge in [0.2, 0.25) is 0 Å². The lowest BCUT2D eigenvalue weighted by Crippen LogP contribution is -2.11. The fraction of sp³-hybridized carbons (Fsp3) is 0.364. The van der Waals surface area contributed by atoms with E-state index < -0.39 is 11.6 Å². The zero-order valence-corrected chi connectivity index (χ0v) is 8.93. The average molecular weight is 225 g/mol. The van der Waals surface area contributed by atoms with Crippen molar-refractivity contribution in [2.24, 2.45) is 5.73 Å². The third kappa shape index (κ3) is 1.90. The van der Waals surface area contributed by atoms with Crippen molar-refractivity contribution in [3.63, 3.8) is 0 Å². The van der Waals surface area contributed by atoms with Gasteiger partial charge in [-0.25, -0.2) is 13.8 Å². The van der Waals surface area contributed by atoms with Crippen molar-refractivity contribution in [1.29, 1.82) is 0 Å². The van der Waals surface area contributed by atoms with Crippen LogP contribution in [0.15, 0.2) is 12.1 Å². The summed E-state index contributed by atoms with van der Waals surface area (Å²) in [5.41, 5.74) is 6.34. The van der Waals surface area contributed by atoms with Gasteiger partial charge in [0.15, 0.2) is 5.82 Å².